The first-order chi connectivity index (χ1) is 4.70. The minimum Gasteiger partial charge on any atom is -0.466 e. The Hall–Kier alpha value is -0.790. The first-order valence-corrected chi connectivity index (χ1v) is 3.46. The number of esters is 1. The van der Waals surface area contributed by atoms with Crippen LogP contribution < -0.4 is 0 Å². The molecule has 0 aromatic rings. The SMILES string of the molecule is CC[C@@H](C)/C=C/C(=O)OC. The Morgan fingerprint density at radius 2 is 2.30 bits per heavy atom. The fraction of sp³-hybridized carbons (Fsp3) is 0.625. The maximum Gasteiger partial charge on any atom is 0.330 e. The molecule has 0 aromatic carbocycles. The predicted molar refractivity (Wildman–Crippen MR) is 40.6 cm³/mol. The van der Waals surface area contributed by atoms with Crippen molar-refractivity contribution in [2.24, 2.45) is 5.92 Å². The summed E-state index contributed by atoms with van der Waals surface area (Å²) in [4.78, 5) is 10.5. The van der Waals surface area contributed by atoms with Crippen molar-refractivity contribution in [3.05, 3.63) is 12.2 Å². The predicted octanol–water partition coefficient (Wildman–Crippen LogP) is 1.76. The number of hydrogen-bond donors (Lipinski definition) is 0. The largest absolute Gasteiger partial charge is 0.466 e. The Morgan fingerprint density at radius 3 is 2.70 bits per heavy atom. The lowest BCUT2D eigenvalue weighted by Gasteiger charge is -1.97. The van der Waals surface area contributed by atoms with E-state index in [9.17, 15) is 4.79 Å². The molecule has 0 unspecified atom stereocenters. The quantitative estimate of drug-likeness (QED) is 0.443. The summed E-state index contributed by atoms with van der Waals surface area (Å²) in [6.07, 6.45) is 4.37. The van der Waals surface area contributed by atoms with Crippen molar-refractivity contribution < 1.29 is 9.53 Å². The molecule has 0 fully saturated rings. The van der Waals surface area contributed by atoms with E-state index in [2.05, 4.69) is 18.6 Å². The van der Waals surface area contributed by atoms with Crippen LogP contribution in [0.5, 0.6) is 0 Å². The molecule has 2 nitrogen and oxygen atoms in total. The molecule has 0 spiro atoms. The first kappa shape index (κ1) is 9.21. The van der Waals surface area contributed by atoms with E-state index in [0.717, 1.165) is 6.42 Å². The molecule has 0 aliphatic heterocycles. The Kier molecular flexibility index (Phi) is 4.63. The van der Waals surface area contributed by atoms with Crippen LogP contribution in [-0.4, -0.2) is 13.1 Å². The standard InChI is InChI=1S/C8H14O2/c1-4-7(2)5-6-8(9)10-3/h5-7H,4H2,1-3H3/b6-5+/t7-/m1/s1. The van der Waals surface area contributed by atoms with Gasteiger partial charge in [0.2, 0.25) is 0 Å². The highest BCUT2D eigenvalue weighted by atomic mass is 16.5. The molecule has 0 aliphatic carbocycles. The lowest BCUT2D eigenvalue weighted by atomic mass is 10.1. The van der Waals surface area contributed by atoms with Crippen LogP contribution >= 0.6 is 0 Å². The van der Waals surface area contributed by atoms with Gasteiger partial charge in [-0.25, -0.2) is 4.79 Å². The third-order valence-electron chi connectivity index (χ3n) is 1.41. The fourth-order valence-electron chi connectivity index (χ4n) is 0.447. The fourth-order valence-corrected chi connectivity index (χ4v) is 0.447. The van der Waals surface area contributed by atoms with E-state index in [1.165, 1.54) is 13.2 Å². The Bertz CT molecular complexity index is 127. The molecular weight excluding hydrogens is 128 g/mol. The molecule has 58 valence electrons. The highest BCUT2D eigenvalue weighted by molar-refractivity contribution is 5.81. The summed E-state index contributed by atoms with van der Waals surface area (Å²) in [7, 11) is 1.38. The Balaban J connectivity index is 3.63. The molecule has 10 heavy (non-hydrogen) atoms. The van der Waals surface area contributed by atoms with Crippen LogP contribution in [-0.2, 0) is 9.53 Å². The van der Waals surface area contributed by atoms with Crippen molar-refractivity contribution in [1.29, 1.82) is 0 Å². The third kappa shape index (κ3) is 4.13. The van der Waals surface area contributed by atoms with Crippen molar-refractivity contribution in [2.45, 2.75) is 20.3 Å². The summed E-state index contributed by atoms with van der Waals surface area (Å²) in [6.45, 7) is 4.13. The molecule has 0 bridgehead atoms. The molecule has 0 N–H and O–H groups in total. The van der Waals surface area contributed by atoms with E-state index in [1.54, 1.807) is 0 Å². The normalized spacial score (nSPS) is 13.5. The van der Waals surface area contributed by atoms with Gasteiger partial charge in [0.25, 0.3) is 0 Å². The van der Waals surface area contributed by atoms with E-state index < -0.39 is 0 Å². The summed E-state index contributed by atoms with van der Waals surface area (Å²) >= 11 is 0. The van der Waals surface area contributed by atoms with Crippen LogP contribution in [0.2, 0.25) is 0 Å². The summed E-state index contributed by atoms with van der Waals surface area (Å²) in [5.41, 5.74) is 0. The monoisotopic (exact) mass is 142 g/mol. The van der Waals surface area contributed by atoms with Crippen LogP contribution in [0, 0.1) is 5.92 Å². The van der Waals surface area contributed by atoms with Gasteiger partial charge < -0.3 is 4.74 Å². The van der Waals surface area contributed by atoms with E-state index in [0.29, 0.717) is 5.92 Å². The second kappa shape index (κ2) is 5.03. The number of rotatable bonds is 3. The number of allylic oxidation sites excluding steroid dienone is 1. The second-order valence-corrected chi connectivity index (χ2v) is 2.27. The molecule has 2 heteroatoms. The minimum absolute atomic E-state index is 0.277. The molecule has 0 rings (SSSR count). The maximum absolute atomic E-state index is 10.5. The van der Waals surface area contributed by atoms with Crippen LogP contribution in [0.1, 0.15) is 20.3 Å². The van der Waals surface area contributed by atoms with E-state index in [-0.39, 0.29) is 5.97 Å². The van der Waals surface area contributed by atoms with Gasteiger partial charge in [-0.1, -0.05) is 26.3 Å². The average molecular weight is 142 g/mol. The molecule has 0 amide bonds. The number of hydrogen-bond acceptors (Lipinski definition) is 2. The molecule has 1 atom stereocenters. The van der Waals surface area contributed by atoms with Crippen LogP contribution in [0.3, 0.4) is 0 Å². The van der Waals surface area contributed by atoms with Crippen molar-refractivity contribution in [3.63, 3.8) is 0 Å². The lowest BCUT2D eigenvalue weighted by Crippen LogP contribution is -1.95. The van der Waals surface area contributed by atoms with Crippen LogP contribution in [0.15, 0.2) is 12.2 Å². The number of carbonyl (C=O) groups is 1. The molecular formula is C8H14O2. The minimum atomic E-state index is -0.277. The van der Waals surface area contributed by atoms with Gasteiger partial charge in [0.05, 0.1) is 7.11 Å². The Morgan fingerprint density at radius 1 is 1.70 bits per heavy atom. The zero-order valence-electron chi connectivity index (χ0n) is 6.76. The molecule has 0 heterocycles. The summed E-state index contributed by atoms with van der Waals surface area (Å²) in [6, 6.07) is 0. The molecule has 0 saturated heterocycles. The van der Waals surface area contributed by atoms with Crippen molar-refractivity contribution in [2.75, 3.05) is 7.11 Å². The maximum atomic E-state index is 10.5. The summed E-state index contributed by atoms with van der Waals surface area (Å²) in [5.74, 6) is 0.180. The first-order valence-electron chi connectivity index (χ1n) is 3.46. The van der Waals surface area contributed by atoms with Crippen molar-refractivity contribution in [3.8, 4) is 0 Å². The summed E-state index contributed by atoms with van der Waals surface area (Å²) < 4.78 is 4.42. The Labute approximate surface area is 61.9 Å². The molecule has 0 aliphatic rings. The van der Waals surface area contributed by atoms with Crippen molar-refractivity contribution >= 4 is 5.97 Å². The highest BCUT2D eigenvalue weighted by Gasteiger charge is 1.93. The molecule has 0 saturated carbocycles. The topological polar surface area (TPSA) is 26.3 Å². The number of ether oxygens (including phenoxy) is 1. The van der Waals surface area contributed by atoms with E-state index in [4.69, 9.17) is 0 Å². The number of methoxy groups -OCH3 is 1. The van der Waals surface area contributed by atoms with Crippen LogP contribution in [0.25, 0.3) is 0 Å². The molecule has 0 aromatic heterocycles. The van der Waals surface area contributed by atoms with Gasteiger partial charge in [0.1, 0.15) is 0 Å². The van der Waals surface area contributed by atoms with Gasteiger partial charge in [-0.2, -0.15) is 0 Å². The van der Waals surface area contributed by atoms with E-state index >= 15 is 0 Å². The smallest absolute Gasteiger partial charge is 0.330 e. The highest BCUT2D eigenvalue weighted by Crippen LogP contribution is 2.01. The average Bonchev–Trinajstić information content (AvgIpc) is 1.99. The second-order valence-electron chi connectivity index (χ2n) is 2.27. The summed E-state index contributed by atoms with van der Waals surface area (Å²) in [5, 5.41) is 0. The zero-order valence-corrected chi connectivity index (χ0v) is 6.76. The van der Waals surface area contributed by atoms with Crippen LogP contribution in [0.4, 0.5) is 0 Å². The van der Waals surface area contributed by atoms with Gasteiger partial charge in [-0.3, -0.25) is 0 Å². The van der Waals surface area contributed by atoms with Gasteiger partial charge in [-0.15, -0.1) is 0 Å². The lowest BCUT2D eigenvalue weighted by molar-refractivity contribution is -0.134. The van der Waals surface area contributed by atoms with Gasteiger partial charge in [-0.05, 0) is 5.92 Å². The van der Waals surface area contributed by atoms with Crippen molar-refractivity contribution in [1.82, 2.24) is 0 Å². The van der Waals surface area contributed by atoms with Gasteiger partial charge in [0, 0.05) is 6.08 Å². The number of carbonyl (C=O) groups excluding carboxylic acids is 1. The molecule has 0 radical (unpaired) electrons. The van der Waals surface area contributed by atoms with Gasteiger partial charge in [0.15, 0.2) is 0 Å². The third-order valence-corrected chi connectivity index (χ3v) is 1.41. The van der Waals surface area contributed by atoms with E-state index in [1.807, 2.05) is 6.08 Å². The van der Waals surface area contributed by atoms with Gasteiger partial charge >= 0.3 is 5.97 Å². The zero-order chi connectivity index (χ0) is 7.98.